The first-order valence-corrected chi connectivity index (χ1v) is 7.48. The molecule has 0 aromatic heterocycles. The van der Waals surface area contributed by atoms with Gasteiger partial charge < -0.3 is 16.2 Å². The van der Waals surface area contributed by atoms with E-state index in [1.54, 1.807) is 19.2 Å². The first kappa shape index (κ1) is 16.5. The molecule has 0 amide bonds. The Morgan fingerprint density at radius 2 is 1.86 bits per heavy atom. The van der Waals surface area contributed by atoms with Crippen LogP contribution in [0.15, 0.2) is 48.5 Å². The van der Waals surface area contributed by atoms with E-state index in [1.165, 1.54) is 12.1 Å². The summed E-state index contributed by atoms with van der Waals surface area (Å²) in [5.74, 6) is 0.690. The molecule has 4 N–H and O–H groups in total. The van der Waals surface area contributed by atoms with Crippen LogP contribution < -0.4 is 16.2 Å². The van der Waals surface area contributed by atoms with Crippen LogP contribution in [0.2, 0.25) is 0 Å². The fourth-order valence-corrected chi connectivity index (χ4v) is 2.73. The summed E-state index contributed by atoms with van der Waals surface area (Å²) < 4.78 is 18.3. The summed E-state index contributed by atoms with van der Waals surface area (Å²) in [4.78, 5) is 0. The maximum atomic E-state index is 13.1. The van der Waals surface area contributed by atoms with Gasteiger partial charge in [-0.1, -0.05) is 24.3 Å². The van der Waals surface area contributed by atoms with Crippen molar-refractivity contribution in [2.45, 2.75) is 24.8 Å². The lowest BCUT2D eigenvalue weighted by atomic mass is 9.85. The van der Waals surface area contributed by atoms with Crippen LogP contribution in [0, 0.1) is 5.82 Å². The van der Waals surface area contributed by atoms with E-state index in [1.807, 2.05) is 24.3 Å². The number of benzene rings is 2. The van der Waals surface area contributed by atoms with Crippen molar-refractivity contribution in [1.82, 2.24) is 0 Å². The lowest BCUT2D eigenvalue weighted by Crippen LogP contribution is -2.32. The molecule has 22 heavy (non-hydrogen) atoms. The highest BCUT2D eigenvalue weighted by Crippen LogP contribution is 2.25. The van der Waals surface area contributed by atoms with E-state index in [0.29, 0.717) is 6.54 Å². The third-order valence-corrected chi connectivity index (χ3v) is 3.90. The van der Waals surface area contributed by atoms with Gasteiger partial charge in [0.2, 0.25) is 0 Å². The highest BCUT2D eigenvalue weighted by Gasteiger charge is 2.20. The predicted octanol–water partition coefficient (Wildman–Crippen LogP) is 2.84. The van der Waals surface area contributed by atoms with Gasteiger partial charge in [0, 0.05) is 12.0 Å². The van der Waals surface area contributed by atoms with E-state index < -0.39 is 0 Å². The molecule has 0 aliphatic carbocycles. The molecular formula is C18H23FN2O. The fourth-order valence-electron chi connectivity index (χ4n) is 2.73. The van der Waals surface area contributed by atoms with Crippen LogP contribution in [-0.2, 0) is 6.42 Å². The normalized spacial score (nSPS) is 13.6. The maximum Gasteiger partial charge on any atom is 0.123 e. The van der Waals surface area contributed by atoms with Crippen LogP contribution in [0.3, 0.4) is 0 Å². The summed E-state index contributed by atoms with van der Waals surface area (Å²) >= 11 is 0. The summed E-state index contributed by atoms with van der Waals surface area (Å²) in [7, 11) is 1.65. The Hall–Kier alpha value is -1.91. The van der Waals surface area contributed by atoms with E-state index in [-0.39, 0.29) is 17.8 Å². The van der Waals surface area contributed by atoms with Crippen molar-refractivity contribution in [2.75, 3.05) is 13.7 Å². The van der Waals surface area contributed by atoms with Gasteiger partial charge >= 0.3 is 0 Å². The first-order valence-electron chi connectivity index (χ1n) is 7.48. The molecule has 0 spiro atoms. The summed E-state index contributed by atoms with van der Waals surface area (Å²) in [5.41, 5.74) is 14.3. The van der Waals surface area contributed by atoms with Crippen molar-refractivity contribution in [2.24, 2.45) is 11.5 Å². The Kier molecular flexibility index (Phi) is 5.92. The number of ether oxygens (including phenoxy) is 1. The minimum Gasteiger partial charge on any atom is -0.497 e. The summed E-state index contributed by atoms with van der Waals surface area (Å²) in [6.07, 6.45) is 1.50. The van der Waals surface area contributed by atoms with Gasteiger partial charge in [-0.25, -0.2) is 4.39 Å². The molecule has 2 rings (SSSR count). The number of halogens is 1. The molecule has 2 atom stereocenters. The summed E-state index contributed by atoms with van der Waals surface area (Å²) in [6, 6.07) is 14.3. The monoisotopic (exact) mass is 302 g/mol. The molecule has 4 heteroatoms. The number of hydrogen-bond donors (Lipinski definition) is 2. The Balaban J connectivity index is 2.15. The van der Waals surface area contributed by atoms with Crippen LogP contribution in [-0.4, -0.2) is 19.7 Å². The smallest absolute Gasteiger partial charge is 0.123 e. The number of rotatable bonds is 7. The molecule has 0 saturated carbocycles. The van der Waals surface area contributed by atoms with Crippen LogP contribution in [0.25, 0.3) is 0 Å². The molecule has 2 aromatic carbocycles. The SMILES string of the molecule is COc1cccc(CC(N)C(CCN)c2ccc(F)cc2)c1. The maximum absolute atomic E-state index is 13.1. The quantitative estimate of drug-likeness (QED) is 0.827. The third kappa shape index (κ3) is 4.29. The molecule has 0 radical (unpaired) electrons. The van der Waals surface area contributed by atoms with Gasteiger partial charge in [0.1, 0.15) is 11.6 Å². The first-order chi connectivity index (χ1) is 10.6. The van der Waals surface area contributed by atoms with Crippen molar-refractivity contribution in [3.8, 4) is 5.75 Å². The molecule has 0 heterocycles. The van der Waals surface area contributed by atoms with Gasteiger partial charge in [0.25, 0.3) is 0 Å². The third-order valence-electron chi connectivity index (χ3n) is 3.90. The highest BCUT2D eigenvalue weighted by molar-refractivity contribution is 5.30. The molecular weight excluding hydrogens is 279 g/mol. The molecule has 2 unspecified atom stereocenters. The second-order valence-electron chi connectivity index (χ2n) is 5.45. The average Bonchev–Trinajstić information content (AvgIpc) is 2.53. The van der Waals surface area contributed by atoms with Crippen molar-refractivity contribution in [3.05, 3.63) is 65.5 Å². The van der Waals surface area contributed by atoms with Crippen molar-refractivity contribution >= 4 is 0 Å². The van der Waals surface area contributed by atoms with E-state index in [2.05, 4.69) is 0 Å². The second-order valence-corrected chi connectivity index (χ2v) is 5.45. The largest absolute Gasteiger partial charge is 0.497 e. The number of methoxy groups -OCH3 is 1. The summed E-state index contributed by atoms with van der Waals surface area (Å²) in [5, 5.41) is 0. The molecule has 0 aliphatic heterocycles. The average molecular weight is 302 g/mol. The lowest BCUT2D eigenvalue weighted by molar-refractivity contribution is 0.413. The van der Waals surface area contributed by atoms with Gasteiger partial charge in [-0.2, -0.15) is 0 Å². The predicted molar refractivity (Wildman–Crippen MR) is 87.5 cm³/mol. The molecule has 0 aliphatic rings. The Morgan fingerprint density at radius 3 is 2.50 bits per heavy atom. The minimum atomic E-state index is -0.239. The van der Waals surface area contributed by atoms with Crippen LogP contribution in [0.1, 0.15) is 23.5 Å². The zero-order valence-electron chi connectivity index (χ0n) is 12.8. The van der Waals surface area contributed by atoms with Gasteiger partial charge in [-0.3, -0.25) is 0 Å². The second kappa shape index (κ2) is 7.92. The standard InChI is InChI=1S/C18H23FN2O/c1-22-16-4-2-3-13(11-16)12-18(21)17(9-10-20)14-5-7-15(19)8-6-14/h2-8,11,17-18H,9-10,12,20-21H2,1H3. The van der Waals surface area contributed by atoms with Crippen LogP contribution in [0.5, 0.6) is 5.75 Å². The van der Waals surface area contributed by atoms with Gasteiger partial charge in [-0.15, -0.1) is 0 Å². The van der Waals surface area contributed by atoms with Crippen molar-refractivity contribution < 1.29 is 9.13 Å². The zero-order chi connectivity index (χ0) is 15.9. The van der Waals surface area contributed by atoms with Crippen LogP contribution >= 0.6 is 0 Å². The molecule has 0 bridgehead atoms. The highest BCUT2D eigenvalue weighted by atomic mass is 19.1. The number of hydrogen-bond acceptors (Lipinski definition) is 3. The van der Waals surface area contributed by atoms with E-state index in [4.69, 9.17) is 16.2 Å². The fraction of sp³-hybridized carbons (Fsp3) is 0.333. The van der Waals surface area contributed by atoms with Gasteiger partial charge in [0.15, 0.2) is 0 Å². The Morgan fingerprint density at radius 1 is 1.14 bits per heavy atom. The van der Waals surface area contributed by atoms with Crippen molar-refractivity contribution in [3.63, 3.8) is 0 Å². The molecule has 0 fully saturated rings. The molecule has 3 nitrogen and oxygen atoms in total. The number of nitrogens with two attached hydrogens (primary N) is 2. The van der Waals surface area contributed by atoms with Crippen LogP contribution in [0.4, 0.5) is 4.39 Å². The van der Waals surface area contributed by atoms with Gasteiger partial charge in [-0.05, 0) is 54.8 Å². The molecule has 2 aromatic rings. The topological polar surface area (TPSA) is 61.3 Å². The lowest BCUT2D eigenvalue weighted by Gasteiger charge is -2.24. The van der Waals surface area contributed by atoms with E-state index in [0.717, 1.165) is 29.7 Å². The summed E-state index contributed by atoms with van der Waals surface area (Å²) in [6.45, 7) is 0.549. The van der Waals surface area contributed by atoms with Crippen molar-refractivity contribution in [1.29, 1.82) is 0 Å². The van der Waals surface area contributed by atoms with E-state index >= 15 is 0 Å². The minimum absolute atomic E-state index is 0.0823. The van der Waals surface area contributed by atoms with E-state index in [9.17, 15) is 4.39 Å². The molecule has 0 saturated heterocycles. The zero-order valence-corrected chi connectivity index (χ0v) is 12.8. The molecule has 118 valence electrons. The Bertz CT molecular complexity index is 586. The van der Waals surface area contributed by atoms with Gasteiger partial charge in [0.05, 0.1) is 7.11 Å². The Labute approximate surface area is 131 Å².